The van der Waals surface area contributed by atoms with E-state index in [1.54, 1.807) is 12.1 Å². The molecule has 1 aromatic carbocycles. The summed E-state index contributed by atoms with van der Waals surface area (Å²) < 4.78 is 23.6. The van der Waals surface area contributed by atoms with Crippen molar-refractivity contribution in [1.82, 2.24) is 0 Å². The first kappa shape index (κ1) is 12.5. The lowest BCUT2D eigenvalue weighted by Crippen LogP contribution is -2.22. The van der Waals surface area contributed by atoms with E-state index in [-0.39, 0.29) is 12.3 Å². The lowest BCUT2D eigenvalue weighted by molar-refractivity contribution is 0.183. The van der Waals surface area contributed by atoms with Gasteiger partial charge < -0.3 is 10.8 Å². The van der Waals surface area contributed by atoms with Crippen LogP contribution in [-0.4, -0.2) is 31.9 Å². The van der Waals surface area contributed by atoms with E-state index in [1.807, 2.05) is 6.07 Å². The van der Waals surface area contributed by atoms with Crippen LogP contribution in [0.2, 0.25) is 0 Å². The van der Waals surface area contributed by atoms with E-state index in [9.17, 15) is 13.5 Å². The second-order valence-electron chi connectivity index (χ2n) is 4.46. The maximum atomic E-state index is 11.8. The number of aliphatic hydroxyl groups excluding tert-OH is 1. The molecule has 0 aliphatic carbocycles. The van der Waals surface area contributed by atoms with Gasteiger partial charge in [-0.1, -0.05) is 12.1 Å². The van der Waals surface area contributed by atoms with E-state index in [0.29, 0.717) is 17.7 Å². The molecule has 94 valence electrons. The SMILES string of the molecule is NCC(O)Cc1ccc2c(c1)CCCS2(=O)=O. The molecule has 1 atom stereocenters. The van der Waals surface area contributed by atoms with Crippen LogP contribution in [0.15, 0.2) is 23.1 Å². The zero-order valence-electron chi connectivity index (χ0n) is 9.59. The molecule has 3 N–H and O–H groups in total. The van der Waals surface area contributed by atoms with Gasteiger partial charge >= 0.3 is 0 Å². The highest BCUT2D eigenvalue weighted by Gasteiger charge is 2.23. The van der Waals surface area contributed by atoms with Crippen molar-refractivity contribution in [2.45, 2.75) is 30.3 Å². The molecule has 1 aliphatic heterocycles. The zero-order valence-corrected chi connectivity index (χ0v) is 10.4. The van der Waals surface area contributed by atoms with Crippen molar-refractivity contribution >= 4 is 9.84 Å². The van der Waals surface area contributed by atoms with Gasteiger partial charge in [0.1, 0.15) is 0 Å². The molecule has 2 rings (SSSR count). The van der Waals surface area contributed by atoms with Crippen LogP contribution in [-0.2, 0) is 22.7 Å². The van der Waals surface area contributed by atoms with E-state index in [2.05, 4.69) is 0 Å². The number of benzene rings is 1. The number of rotatable bonds is 3. The summed E-state index contributed by atoms with van der Waals surface area (Å²) in [6.45, 7) is 0.218. The predicted octanol–water partition coefficient (Wildman–Crippen LogP) is 0.269. The third kappa shape index (κ3) is 2.68. The van der Waals surface area contributed by atoms with E-state index in [0.717, 1.165) is 17.5 Å². The van der Waals surface area contributed by atoms with Gasteiger partial charge in [0.2, 0.25) is 0 Å². The zero-order chi connectivity index (χ0) is 12.5. The summed E-state index contributed by atoms with van der Waals surface area (Å²) in [7, 11) is -3.08. The first-order chi connectivity index (χ1) is 8.03. The minimum Gasteiger partial charge on any atom is -0.391 e. The molecule has 1 aromatic rings. The number of nitrogens with two attached hydrogens (primary N) is 1. The molecular formula is C12H17NO3S. The molecule has 1 heterocycles. The Hall–Kier alpha value is -0.910. The molecular weight excluding hydrogens is 238 g/mol. The van der Waals surface area contributed by atoms with Crippen molar-refractivity contribution < 1.29 is 13.5 Å². The first-order valence-corrected chi connectivity index (χ1v) is 7.41. The molecule has 5 heteroatoms. The second-order valence-corrected chi connectivity index (χ2v) is 6.54. The van der Waals surface area contributed by atoms with Crippen LogP contribution in [0.25, 0.3) is 0 Å². The molecule has 1 aliphatic rings. The second kappa shape index (κ2) is 4.76. The summed E-state index contributed by atoms with van der Waals surface area (Å²) in [6, 6.07) is 5.30. The molecule has 0 saturated heterocycles. The van der Waals surface area contributed by atoms with Gasteiger partial charge in [-0.15, -0.1) is 0 Å². The summed E-state index contributed by atoms with van der Waals surface area (Å²) in [4.78, 5) is 0.453. The van der Waals surface area contributed by atoms with E-state index < -0.39 is 15.9 Å². The van der Waals surface area contributed by atoms with Gasteiger partial charge in [0.15, 0.2) is 9.84 Å². The minimum absolute atomic E-state index is 0.218. The summed E-state index contributed by atoms with van der Waals surface area (Å²) in [5.41, 5.74) is 7.17. The number of hydrogen-bond donors (Lipinski definition) is 2. The van der Waals surface area contributed by atoms with Gasteiger partial charge in [-0.2, -0.15) is 0 Å². The Morgan fingerprint density at radius 1 is 1.41 bits per heavy atom. The maximum absolute atomic E-state index is 11.8. The number of fused-ring (bicyclic) bond motifs is 1. The van der Waals surface area contributed by atoms with Crippen molar-refractivity contribution in [3.8, 4) is 0 Å². The number of aliphatic hydroxyl groups is 1. The molecule has 0 spiro atoms. The van der Waals surface area contributed by atoms with Crippen LogP contribution in [0.4, 0.5) is 0 Å². The highest BCUT2D eigenvalue weighted by atomic mass is 32.2. The molecule has 0 aromatic heterocycles. The average molecular weight is 255 g/mol. The first-order valence-electron chi connectivity index (χ1n) is 5.75. The third-order valence-electron chi connectivity index (χ3n) is 3.06. The summed E-state index contributed by atoms with van der Waals surface area (Å²) in [5.74, 6) is 0.241. The Bertz CT molecular complexity index is 510. The molecule has 1 unspecified atom stereocenters. The molecule has 0 radical (unpaired) electrons. The standard InChI is InChI=1S/C12H17NO3S/c13-8-11(14)7-9-3-4-12-10(6-9)2-1-5-17(12,15)16/h3-4,6,11,14H,1-2,5,7-8,13H2. The van der Waals surface area contributed by atoms with Gasteiger partial charge in [0.25, 0.3) is 0 Å². The minimum atomic E-state index is -3.08. The van der Waals surface area contributed by atoms with Crippen molar-refractivity contribution in [3.63, 3.8) is 0 Å². The fourth-order valence-corrected chi connectivity index (χ4v) is 3.76. The molecule has 0 bridgehead atoms. The van der Waals surface area contributed by atoms with Crippen molar-refractivity contribution in [2.24, 2.45) is 5.73 Å². The largest absolute Gasteiger partial charge is 0.391 e. The molecule has 0 saturated carbocycles. The summed E-state index contributed by atoms with van der Waals surface area (Å²) >= 11 is 0. The Kier molecular flexibility index (Phi) is 3.51. The quantitative estimate of drug-likeness (QED) is 0.812. The molecule has 4 nitrogen and oxygen atoms in total. The summed E-state index contributed by atoms with van der Waals surface area (Å²) in [5, 5.41) is 9.47. The molecule has 17 heavy (non-hydrogen) atoms. The van der Waals surface area contributed by atoms with Gasteiger partial charge in [-0.3, -0.25) is 0 Å². The summed E-state index contributed by atoms with van der Waals surface area (Å²) in [6.07, 6.45) is 1.39. The van der Waals surface area contributed by atoms with Crippen LogP contribution in [0.1, 0.15) is 17.5 Å². The number of aryl methyl sites for hydroxylation is 1. The van der Waals surface area contributed by atoms with Gasteiger partial charge in [-0.25, -0.2) is 8.42 Å². The number of hydrogen-bond acceptors (Lipinski definition) is 4. The monoisotopic (exact) mass is 255 g/mol. The van der Waals surface area contributed by atoms with Gasteiger partial charge in [-0.05, 0) is 36.5 Å². The Morgan fingerprint density at radius 3 is 2.88 bits per heavy atom. The number of sulfone groups is 1. The lowest BCUT2D eigenvalue weighted by Gasteiger charge is -2.17. The van der Waals surface area contributed by atoms with Gasteiger partial charge in [0, 0.05) is 6.54 Å². The van der Waals surface area contributed by atoms with Crippen LogP contribution in [0.5, 0.6) is 0 Å². The predicted molar refractivity (Wildman–Crippen MR) is 65.6 cm³/mol. The average Bonchev–Trinajstić information content (AvgIpc) is 2.28. The Balaban J connectivity index is 2.32. The fourth-order valence-electron chi connectivity index (χ4n) is 2.18. The van der Waals surface area contributed by atoms with E-state index in [1.165, 1.54) is 0 Å². The Labute approximate surface area is 101 Å². The molecule has 0 fully saturated rings. The van der Waals surface area contributed by atoms with E-state index in [4.69, 9.17) is 5.73 Å². The van der Waals surface area contributed by atoms with E-state index >= 15 is 0 Å². The van der Waals surface area contributed by atoms with Crippen molar-refractivity contribution in [3.05, 3.63) is 29.3 Å². The van der Waals surface area contributed by atoms with Crippen molar-refractivity contribution in [1.29, 1.82) is 0 Å². The maximum Gasteiger partial charge on any atom is 0.178 e. The highest BCUT2D eigenvalue weighted by Crippen LogP contribution is 2.26. The van der Waals surface area contributed by atoms with Gasteiger partial charge in [0.05, 0.1) is 16.8 Å². The van der Waals surface area contributed by atoms with Crippen molar-refractivity contribution in [2.75, 3.05) is 12.3 Å². The topological polar surface area (TPSA) is 80.4 Å². The lowest BCUT2D eigenvalue weighted by atomic mass is 10.0. The normalized spacial score (nSPS) is 19.6. The smallest absolute Gasteiger partial charge is 0.178 e. The fraction of sp³-hybridized carbons (Fsp3) is 0.500. The van der Waals surface area contributed by atoms with Crippen LogP contribution in [0, 0.1) is 0 Å². The van der Waals surface area contributed by atoms with Crippen LogP contribution >= 0.6 is 0 Å². The Morgan fingerprint density at radius 2 is 2.18 bits per heavy atom. The third-order valence-corrected chi connectivity index (χ3v) is 4.96. The van der Waals surface area contributed by atoms with Crippen LogP contribution < -0.4 is 5.73 Å². The molecule has 0 amide bonds. The van der Waals surface area contributed by atoms with Crippen LogP contribution in [0.3, 0.4) is 0 Å². The highest BCUT2D eigenvalue weighted by molar-refractivity contribution is 7.91.